The van der Waals surface area contributed by atoms with Crippen molar-refractivity contribution in [2.45, 2.75) is 31.7 Å². The van der Waals surface area contributed by atoms with Crippen LogP contribution in [0, 0.1) is 0 Å². The summed E-state index contributed by atoms with van der Waals surface area (Å²) < 4.78 is 0. The molecule has 0 atom stereocenters. The van der Waals surface area contributed by atoms with Gasteiger partial charge >= 0.3 is 6.03 Å². The first-order valence-electron chi connectivity index (χ1n) is 3.80. The van der Waals surface area contributed by atoms with Gasteiger partial charge < -0.3 is 0 Å². The van der Waals surface area contributed by atoms with Crippen LogP contribution in [0.3, 0.4) is 0 Å². The molecule has 0 radical (unpaired) electrons. The minimum Gasteiger partial charge on any atom is -0.275 e. The zero-order valence-electron chi connectivity index (χ0n) is 6.42. The molecule has 1 rings (SSSR count). The Morgan fingerprint density at radius 3 is 2.45 bits per heavy atom. The average Bonchev–Trinajstić information content (AvgIpc) is 2.53. The maximum atomic E-state index is 10.9. The molecule has 0 unspecified atom stereocenters. The molecule has 2 amide bonds. The van der Waals surface area contributed by atoms with Crippen LogP contribution in [0.1, 0.15) is 25.7 Å². The van der Waals surface area contributed by atoms with Gasteiger partial charge in [0.15, 0.2) is 0 Å². The molecular formula is C6H14N4O. The smallest absolute Gasteiger partial charge is 0.275 e. The van der Waals surface area contributed by atoms with Gasteiger partial charge in [0.25, 0.3) is 0 Å². The van der Waals surface area contributed by atoms with E-state index in [1.54, 1.807) is 0 Å². The number of hydrogen-bond donors (Lipinski definition) is 3. The average molecular weight is 158 g/mol. The molecule has 0 saturated heterocycles. The summed E-state index contributed by atoms with van der Waals surface area (Å²) in [7, 11) is 0. The number of amides is 2. The van der Waals surface area contributed by atoms with E-state index < -0.39 is 6.03 Å². The molecule has 0 aromatic heterocycles. The molecule has 0 spiro atoms. The van der Waals surface area contributed by atoms with Gasteiger partial charge in [0.1, 0.15) is 0 Å². The molecule has 0 aromatic rings. The van der Waals surface area contributed by atoms with Gasteiger partial charge in [0.2, 0.25) is 0 Å². The highest BCUT2D eigenvalue weighted by Crippen LogP contribution is 2.21. The fraction of sp³-hybridized carbons (Fsp3) is 0.833. The molecular weight excluding hydrogens is 144 g/mol. The number of rotatable bonds is 1. The number of nitrogens with zero attached hydrogens (tertiary/aromatic N) is 1. The van der Waals surface area contributed by atoms with Gasteiger partial charge in [-0.3, -0.25) is 10.4 Å². The summed E-state index contributed by atoms with van der Waals surface area (Å²) in [6.45, 7) is 0. The molecule has 0 aliphatic heterocycles. The van der Waals surface area contributed by atoms with Gasteiger partial charge in [0.05, 0.1) is 0 Å². The zero-order valence-corrected chi connectivity index (χ0v) is 6.42. The van der Waals surface area contributed by atoms with Crippen molar-refractivity contribution in [3.8, 4) is 0 Å². The van der Waals surface area contributed by atoms with E-state index in [-0.39, 0.29) is 6.04 Å². The standard InChI is InChI=1S/C6H14N4O/c7-9-6(11)10(8)5-3-1-2-4-5/h5H,1-4,7-8H2,(H,9,11). The molecule has 0 heterocycles. The second-order valence-corrected chi connectivity index (χ2v) is 2.80. The van der Waals surface area contributed by atoms with E-state index in [9.17, 15) is 4.79 Å². The number of hydrazine groups is 2. The lowest BCUT2D eigenvalue weighted by Gasteiger charge is -2.22. The Morgan fingerprint density at radius 2 is 2.00 bits per heavy atom. The first-order valence-corrected chi connectivity index (χ1v) is 3.80. The van der Waals surface area contributed by atoms with Crippen molar-refractivity contribution in [2.75, 3.05) is 0 Å². The SMILES string of the molecule is NNC(=O)N(N)C1CCCC1. The van der Waals surface area contributed by atoms with Crippen LogP contribution in [0.2, 0.25) is 0 Å². The predicted octanol–water partition coefficient (Wildman–Crippen LogP) is -0.312. The Bertz CT molecular complexity index is 144. The van der Waals surface area contributed by atoms with Crippen LogP contribution in [-0.4, -0.2) is 17.1 Å². The molecule has 11 heavy (non-hydrogen) atoms. The van der Waals surface area contributed by atoms with E-state index in [0.29, 0.717) is 0 Å². The summed E-state index contributed by atoms with van der Waals surface area (Å²) >= 11 is 0. The fourth-order valence-corrected chi connectivity index (χ4v) is 1.42. The maximum absolute atomic E-state index is 10.9. The lowest BCUT2D eigenvalue weighted by molar-refractivity contribution is 0.176. The molecule has 0 bridgehead atoms. The minimum absolute atomic E-state index is 0.179. The van der Waals surface area contributed by atoms with E-state index in [0.717, 1.165) is 25.7 Å². The first kappa shape index (κ1) is 8.29. The quantitative estimate of drug-likeness (QED) is 0.278. The van der Waals surface area contributed by atoms with Gasteiger partial charge in [-0.1, -0.05) is 12.8 Å². The second-order valence-electron chi connectivity index (χ2n) is 2.80. The van der Waals surface area contributed by atoms with Gasteiger partial charge in [-0.05, 0) is 12.8 Å². The van der Waals surface area contributed by atoms with Crippen LogP contribution in [0.5, 0.6) is 0 Å². The molecule has 1 aliphatic carbocycles. The topological polar surface area (TPSA) is 84.4 Å². The van der Waals surface area contributed by atoms with Gasteiger partial charge in [0, 0.05) is 6.04 Å². The molecule has 5 N–H and O–H groups in total. The number of nitrogens with one attached hydrogen (secondary N) is 1. The summed E-state index contributed by atoms with van der Waals surface area (Å²) in [5.41, 5.74) is 2.00. The number of urea groups is 1. The highest BCUT2D eigenvalue weighted by molar-refractivity contribution is 5.73. The van der Waals surface area contributed by atoms with Gasteiger partial charge in [-0.15, -0.1) is 0 Å². The molecule has 1 aliphatic rings. The normalized spacial score (nSPS) is 18.4. The van der Waals surface area contributed by atoms with Crippen molar-refractivity contribution in [3.05, 3.63) is 0 Å². The Kier molecular flexibility index (Phi) is 2.67. The highest BCUT2D eigenvalue weighted by atomic mass is 16.2. The van der Waals surface area contributed by atoms with E-state index in [1.165, 1.54) is 5.01 Å². The van der Waals surface area contributed by atoms with Crippen molar-refractivity contribution in [1.82, 2.24) is 10.4 Å². The first-order chi connectivity index (χ1) is 5.25. The van der Waals surface area contributed by atoms with Crippen LogP contribution >= 0.6 is 0 Å². The molecule has 64 valence electrons. The lowest BCUT2D eigenvalue weighted by Crippen LogP contribution is -2.51. The van der Waals surface area contributed by atoms with Crippen LogP contribution in [-0.2, 0) is 0 Å². The third kappa shape index (κ3) is 1.81. The molecule has 1 fully saturated rings. The summed E-state index contributed by atoms with van der Waals surface area (Å²) in [4.78, 5) is 10.9. The van der Waals surface area contributed by atoms with Crippen LogP contribution in [0.15, 0.2) is 0 Å². The van der Waals surface area contributed by atoms with E-state index in [4.69, 9.17) is 11.7 Å². The number of carbonyl (C=O) groups is 1. The van der Waals surface area contributed by atoms with E-state index in [2.05, 4.69) is 0 Å². The largest absolute Gasteiger partial charge is 0.345 e. The van der Waals surface area contributed by atoms with Crippen LogP contribution < -0.4 is 17.1 Å². The van der Waals surface area contributed by atoms with E-state index >= 15 is 0 Å². The molecule has 0 aromatic carbocycles. The number of hydrogen-bond acceptors (Lipinski definition) is 3. The molecule has 5 heteroatoms. The second kappa shape index (κ2) is 3.54. The van der Waals surface area contributed by atoms with Crippen LogP contribution in [0.25, 0.3) is 0 Å². The highest BCUT2D eigenvalue weighted by Gasteiger charge is 2.23. The zero-order chi connectivity index (χ0) is 8.27. The number of carbonyl (C=O) groups excluding carboxylic acids is 1. The van der Waals surface area contributed by atoms with Crippen molar-refractivity contribution in [3.63, 3.8) is 0 Å². The maximum Gasteiger partial charge on any atom is 0.345 e. The summed E-state index contributed by atoms with van der Waals surface area (Å²) in [5, 5.41) is 1.19. The van der Waals surface area contributed by atoms with Crippen LogP contribution in [0.4, 0.5) is 4.79 Å². The summed E-state index contributed by atoms with van der Waals surface area (Å²) in [5.74, 6) is 10.4. The van der Waals surface area contributed by atoms with Gasteiger partial charge in [-0.2, -0.15) is 0 Å². The Balaban J connectivity index is 2.39. The Morgan fingerprint density at radius 1 is 1.45 bits per heavy atom. The third-order valence-corrected chi connectivity index (χ3v) is 2.08. The third-order valence-electron chi connectivity index (χ3n) is 2.08. The van der Waals surface area contributed by atoms with Crippen molar-refractivity contribution in [2.24, 2.45) is 11.7 Å². The van der Waals surface area contributed by atoms with Crippen molar-refractivity contribution >= 4 is 6.03 Å². The number of nitrogens with two attached hydrogens (primary N) is 2. The molecule has 5 nitrogen and oxygen atoms in total. The Hall–Kier alpha value is -0.810. The van der Waals surface area contributed by atoms with Crippen molar-refractivity contribution < 1.29 is 4.79 Å². The monoisotopic (exact) mass is 158 g/mol. The van der Waals surface area contributed by atoms with Crippen molar-refractivity contribution in [1.29, 1.82) is 0 Å². The fourth-order valence-electron chi connectivity index (χ4n) is 1.42. The predicted molar refractivity (Wildman–Crippen MR) is 41.0 cm³/mol. The summed E-state index contributed by atoms with van der Waals surface area (Å²) in [6.07, 6.45) is 4.28. The lowest BCUT2D eigenvalue weighted by atomic mass is 10.2. The Labute approximate surface area is 65.6 Å². The minimum atomic E-state index is -0.406. The van der Waals surface area contributed by atoms with Gasteiger partial charge in [-0.25, -0.2) is 16.5 Å². The molecule has 1 saturated carbocycles. The van der Waals surface area contributed by atoms with E-state index in [1.807, 2.05) is 5.43 Å². The summed E-state index contributed by atoms with van der Waals surface area (Å²) in [6, 6.07) is -0.226.